The minimum atomic E-state index is 0.319. The van der Waals surface area contributed by atoms with E-state index in [1.165, 1.54) is 19.3 Å². The second-order valence-corrected chi connectivity index (χ2v) is 6.74. The van der Waals surface area contributed by atoms with Gasteiger partial charge in [-0.15, -0.1) is 26.3 Å². The van der Waals surface area contributed by atoms with Gasteiger partial charge in [-0.2, -0.15) is 0 Å². The van der Waals surface area contributed by atoms with Crippen LogP contribution < -0.4 is 0 Å². The Morgan fingerprint density at radius 1 is 0.871 bits per heavy atom. The Morgan fingerprint density at radius 3 is 1.68 bits per heavy atom. The van der Waals surface area contributed by atoms with Crippen molar-refractivity contribution in [2.45, 2.75) is 92.4 Å². The summed E-state index contributed by atoms with van der Waals surface area (Å²) in [6, 6.07) is 0. The Labute approximate surface area is 196 Å². The van der Waals surface area contributed by atoms with Crippen molar-refractivity contribution in [2.75, 3.05) is 0 Å². The summed E-state index contributed by atoms with van der Waals surface area (Å²) < 4.78 is 0. The van der Waals surface area contributed by atoms with Crippen molar-refractivity contribution in [1.29, 1.82) is 0 Å². The summed E-state index contributed by atoms with van der Waals surface area (Å²) in [5.74, 6) is 1.08. The second kappa shape index (κ2) is 38.5. The van der Waals surface area contributed by atoms with Crippen molar-refractivity contribution >= 4 is 5.78 Å². The van der Waals surface area contributed by atoms with E-state index in [0.29, 0.717) is 18.6 Å². The zero-order valence-corrected chi connectivity index (χ0v) is 21.5. The van der Waals surface area contributed by atoms with E-state index in [0.717, 1.165) is 31.6 Å². The van der Waals surface area contributed by atoms with Gasteiger partial charge in [0.25, 0.3) is 0 Å². The van der Waals surface area contributed by atoms with Crippen LogP contribution in [0.2, 0.25) is 0 Å². The van der Waals surface area contributed by atoms with Gasteiger partial charge in [0, 0.05) is 12.8 Å². The Morgan fingerprint density at radius 2 is 1.45 bits per heavy atom. The summed E-state index contributed by atoms with van der Waals surface area (Å²) in [4.78, 5) is 10.6. The molecule has 178 valence electrons. The van der Waals surface area contributed by atoms with E-state index in [-0.39, 0.29) is 0 Å². The molecule has 31 heavy (non-hydrogen) atoms. The molecule has 0 aromatic rings. The van der Waals surface area contributed by atoms with Crippen LogP contribution in [0.15, 0.2) is 87.1 Å². The SMILES string of the molecule is C/C=C/CC.C=CC1CC=CCC1.C=CCC.C=CCC=C.CC/C=C\CC(=O)CC. The maximum absolute atomic E-state index is 10.6. The number of carbonyl (C=O) groups excluding carboxylic acids is 1. The third kappa shape index (κ3) is 47.2. The molecule has 0 fully saturated rings. The lowest BCUT2D eigenvalue weighted by Crippen LogP contribution is -1.96. The van der Waals surface area contributed by atoms with Crippen LogP contribution in [-0.4, -0.2) is 5.78 Å². The molecule has 0 aromatic heterocycles. The Bertz CT molecular complexity index is 471. The fourth-order valence-electron chi connectivity index (χ4n) is 1.91. The molecule has 1 nitrogen and oxygen atoms in total. The van der Waals surface area contributed by atoms with E-state index in [2.05, 4.69) is 77.5 Å². The third-order valence-electron chi connectivity index (χ3n) is 3.88. The van der Waals surface area contributed by atoms with E-state index >= 15 is 0 Å². The first-order valence-corrected chi connectivity index (χ1v) is 11.9. The van der Waals surface area contributed by atoms with Crippen molar-refractivity contribution in [2.24, 2.45) is 5.92 Å². The molecule has 0 saturated heterocycles. The van der Waals surface area contributed by atoms with Gasteiger partial charge >= 0.3 is 0 Å². The van der Waals surface area contributed by atoms with Crippen LogP contribution in [0.3, 0.4) is 0 Å². The number of Topliss-reactive ketones (excluding diaryl/α,β-unsaturated/α-hetero) is 1. The fraction of sp³-hybridized carbons (Fsp3) is 0.500. The Balaban J connectivity index is -0.000000153. The predicted octanol–water partition coefficient (Wildman–Crippen LogP) is 10.2. The molecular weight excluding hydrogens is 376 g/mol. The van der Waals surface area contributed by atoms with Gasteiger partial charge in [0.15, 0.2) is 0 Å². The molecule has 0 aliphatic heterocycles. The highest BCUT2D eigenvalue weighted by Crippen LogP contribution is 2.17. The van der Waals surface area contributed by atoms with Gasteiger partial charge in [0.05, 0.1) is 0 Å². The summed E-state index contributed by atoms with van der Waals surface area (Å²) >= 11 is 0. The summed E-state index contributed by atoms with van der Waals surface area (Å²) in [5.41, 5.74) is 0. The Kier molecular flexibility index (Phi) is 44.9. The molecule has 0 N–H and O–H groups in total. The molecule has 1 rings (SSSR count). The first-order valence-electron chi connectivity index (χ1n) is 11.9. The van der Waals surface area contributed by atoms with Gasteiger partial charge in [0.2, 0.25) is 0 Å². The normalized spacial score (nSPS) is 13.6. The molecule has 1 atom stereocenters. The highest BCUT2D eigenvalue weighted by atomic mass is 16.1. The molecule has 0 spiro atoms. The number of hydrogen-bond donors (Lipinski definition) is 0. The smallest absolute Gasteiger partial charge is 0.136 e. The van der Waals surface area contributed by atoms with Crippen LogP contribution >= 0.6 is 0 Å². The lowest BCUT2D eigenvalue weighted by Gasteiger charge is -2.11. The molecule has 0 bridgehead atoms. The van der Waals surface area contributed by atoms with Gasteiger partial charge in [-0.05, 0) is 57.8 Å². The molecule has 0 amide bonds. The fourth-order valence-corrected chi connectivity index (χ4v) is 1.91. The summed E-state index contributed by atoms with van der Waals surface area (Å²) in [6.07, 6.45) is 29.4. The zero-order chi connectivity index (χ0) is 24.6. The van der Waals surface area contributed by atoms with Crippen LogP contribution in [0.5, 0.6) is 0 Å². The molecular formula is C30H52O. The summed E-state index contributed by atoms with van der Waals surface area (Å²) in [5, 5.41) is 0. The van der Waals surface area contributed by atoms with Gasteiger partial charge < -0.3 is 0 Å². The van der Waals surface area contributed by atoms with Crippen LogP contribution in [0.25, 0.3) is 0 Å². The molecule has 0 saturated carbocycles. The molecule has 1 heteroatoms. The van der Waals surface area contributed by atoms with Crippen molar-refractivity contribution in [1.82, 2.24) is 0 Å². The number of rotatable bonds is 9. The molecule has 1 aliphatic rings. The van der Waals surface area contributed by atoms with Gasteiger partial charge in [-0.25, -0.2) is 0 Å². The largest absolute Gasteiger partial charge is 0.299 e. The first-order chi connectivity index (χ1) is 15.0. The first kappa shape index (κ1) is 36.2. The number of allylic oxidation sites excluding steroid dienone is 10. The van der Waals surface area contributed by atoms with Crippen molar-refractivity contribution in [3.8, 4) is 0 Å². The quantitative estimate of drug-likeness (QED) is 0.334. The summed E-state index contributed by atoms with van der Waals surface area (Å²) in [7, 11) is 0. The lowest BCUT2D eigenvalue weighted by molar-refractivity contribution is -0.117. The Hall–Kier alpha value is -2.15. The van der Waals surface area contributed by atoms with Crippen LogP contribution in [0, 0.1) is 5.92 Å². The van der Waals surface area contributed by atoms with Crippen LogP contribution in [0.1, 0.15) is 92.4 Å². The highest BCUT2D eigenvalue weighted by Gasteiger charge is 2.02. The van der Waals surface area contributed by atoms with Gasteiger partial charge in [0.1, 0.15) is 5.78 Å². The summed E-state index contributed by atoms with van der Waals surface area (Å²) in [6.45, 7) is 24.4. The van der Waals surface area contributed by atoms with Crippen LogP contribution in [-0.2, 0) is 4.79 Å². The van der Waals surface area contributed by atoms with E-state index in [1.807, 2.05) is 44.2 Å². The molecule has 1 unspecified atom stereocenters. The number of carbonyl (C=O) groups is 1. The van der Waals surface area contributed by atoms with E-state index in [1.54, 1.807) is 0 Å². The third-order valence-corrected chi connectivity index (χ3v) is 3.88. The highest BCUT2D eigenvalue weighted by molar-refractivity contribution is 5.79. The molecule has 1 aliphatic carbocycles. The van der Waals surface area contributed by atoms with Crippen molar-refractivity contribution < 1.29 is 4.79 Å². The maximum Gasteiger partial charge on any atom is 0.136 e. The average Bonchev–Trinajstić information content (AvgIpc) is 2.82. The van der Waals surface area contributed by atoms with E-state index in [9.17, 15) is 4.79 Å². The zero-order valence-electron chi connectivity index (χ0n) is 21.5. The number of ketones is 1. The average molecular weight is 429 g/mol. The minimum Gasteiger partial charge on any atom is -0.299 e. The maximum atomic E-state index is 10.6. The van der Waals surface area contributed by atoms with Crippen molar-refractivity contribution in [3.05, 3.63) is 87.1 Å². The van der Waals surface area contributed by atoms with Crippen LogP contribution in [0.4, 0.5) is 0 Å². The second-order valence-electron chi connectivity index (χ2n) is 6.74. The molecule has 0 radical (unpaired) electrons. The van der Waals surface area contributed by atoms with Gasteiger partial charge in [-0.1, -0.05) is 88.5 Å². The monoisotopic (exact) mass is 428 g/mol. The van der Waals surface area contributed by atoms with E-state index in [4.69, 9.17) is 0 Å². The minimum absolute atomic E-state index is 0.319. The van der Waals surface area contributed by atoms with Gasteiger partial charge in [-0.3, -0.25) is 4.79 Å². The lowest BCUT2D eigenvalue weighted by atomic mass is 9.95. The van der Waals surface area contributed by atoms with Crippen molar-refractivity contribution in [3.63, 3.8) is 0 Å². The molecule has 0 aromatic carbocycles. The predicted molar refractivity (Wildman–Crippen MR) is 147 cm³/mol. The van der Waals surface area contributed by atoms with E-state index < -0.39 is 0 Å². The molecule has 0 heterocycles. The number of hydrogen-bond acceptors (Lipinski definition) is 1. The topological polar surface area (TPSA) is 17.1 Å². The standard InChI is InChI=1S/C8H14O.C8H12.C5H10.C5H8.C4H8/c1-3-5-6-7-8(9)4-2;1-2-8-6-4-3-5-7-8;2*1-3-5-4-2;1-3-4-2/h5-6H,3-4,7H2,1-2H3;2-4,8H,1,5-7H2;3,5H,4H2,1-2H3;3-4H,1-2,5H2;3H,1,4H2,2H3/b6-5-;;5-3+;;.